The van der Waals surface area contributed by atoms with Crippen molar-refractivity contribution in [3.05, 3.63) is 34.2 Å². The Morgan fingerprint density at radius 2 is 1.65 bits per heavy atom. The van der Waals surface area contributed by atoms with Gasteiger partial charge >= 0.3 is 5.69 Å². The van der Waals surface area contributed by atoms with Crippen molar-refractivity contribution in [2.75, 3.05) is 26.7 Å². The predicted octanol–water partition coefficient (Wildman–Crippen LogP) is 2.69. The van der Waals surface area contributed by atoms with Crippen LogP contribution in [0.1, 0.15) is 75.3 Å². The van der Waals surface area contributed by atoms with Crippen LogP contribution in [0.3, 0.4) is 0 Å². The summed E-state index contributed by atoms with van der Waals surface area (Å²) in [6, 6.07) is 5.63. The van der Waals surface area contributed by atoms with Crippen LogP contribution in [0.15, 0.2) is 23.0 Å². The SMILES string of the molecule is CO.Cn1c(=O)n(C2CCC(=O)NC2=O)c2ccc(C3CCN(CC4CCCCC4)CC3)cc21. The van der Waals surface area contributed by atoms with Gasteiger partial charge in [0.2, 0.25) is 11.8 Å². The Labute approximate surface area is 200 Å². The van der Waals surface area contributed by atoms with E-state index in [4.69, 9.17) is 5.11 Å². The molecule has 1 saturated carbocycles. The van der Waals surface area contributed by atoms with Crippen molar-refractivity contribution < 1.29 is 14.7 Å². The summed E-state index contributed by atoms with van der Waals surface area (Å²) in [6.07, 6.45) is 9.94. The van der Waals surface area contributed by atoms with Crippen LogP contribution in [0.5, 0.6) is 0 Å². The van der Waals surface area contributed by atoms with Crippen LogP contribution in [0.2, 0.25) is 0 Å². The molecule has 2 N–H and O–H groups in total. The molecule has 8 nitrogen and oxygen atoms in total. The molecule has 8 heteroatoms. The van der Waals surface area contributed by atoms with Crippen LogP contribution >= 0.6 is 0 Å². The van der Waals surface area contributed by atoms with Crippen LogP contribution in [0.25, 0.3) is 11.0 Å². The number of hydrogen-bond acceptors (Lipinski definition) is 5. The number of aliphatic hydroxyl groups is 1. The van der Waals surface area contributed by atoms with Crippen molar-refractivity contribution >= 4 is 22.8 Å². The molecule has 3 heterocycles. The molecule has 0 radical (unpaired) electrons. The maximum atomic E-state index is 13.0. The highest BCUT2D eigenvalue weighted by atomic mass is 16.2. The molecular formula is C26H38N4O4. The lowest BCUT2D eigenvalue weighted by Gasteiger charge is -2.35. The second-order valence-corrected chi connectivity index (χ2v) is 10.0. The quantitative estimate of drug-likeness (QED) is 0.670. The number of aliphatic hydroxyl groups excluding tert-OH is 1. The predicted molar refractivity (Wildman–Crippen MR) is 132 cm³/mol. The standard InChI is InChI=1S/C25H34N4O3.CH4O/c1-27-22-15-19(18-11-13-28(14-12-18)16-17-5-3-2-4-6-17)7-8-20(22)29(25(27)32)21-9-10-23(30)26-24(21)31;1-2/h7-8,15,17-18,21H,2-6,9-14,16H2,1H3,(H,26,30,31);2H,1H3. The smallest absolute Gasteiger partial charge is 0.329 e. The number of likely N-dealkylation sites (tertiary alicyclic amines) is 1. The molecule has 2 saturated heterocycles. The molecule has 5 rings (SSSR count). The third kappa shape index (κ3) is 4.98. The number of nitrogens with one attached hydrogen (secondary N) is 1. The van der Waals surface area contributed by atoms with E-state index >= 15 is 0 Å². The first-order valence-electron chi connectivity index (χ1n) is 12.7. The number of aromatic nitrogens is 2. The lowest BCUT2D eigenvalue weighted by Crippen LogP contribution is -2.44. The van der Waals surface area contributed by atoms with Gasteiger partial charge in [-0.1, -0.05) is 25.3 Å². The largest absolute Gasteiger partial charge is 0.400 e. The van der Waals surface area contributed by atoms with E-state index in [2.05, 4.69) is 22.3 Å². The number of amides is 2. The maximum absolute atomic E-state index is 13.0. The first-order valence-corrected chi connectivity index (χ1v) is 12.7. The average Bonchev–Trinajstić information content (AvgIpc) is 3.11. The Bertz CT molecular complexity index is 1070. The number of carbonyl (C=O) groups excluding carboxylic acids is 2. The van der Waals surface area contributed by atoms with Gasteiger partial charge in [0.25, 0.3) is 0 Å². The van der Waals surface area contributed by atoms with E-state index < -0.39 is 6.04 Å². The summed E-state index contributed by atoms with van der Waals surface area (Å²) in [5.74, 6) is 0.746. The third-order valence-electron chi connectivity index (χ3n) is 7.94. The number of rotatable bonds is 4. The number of hydrogen-bond donors (Lipinski definition) is 2. The van der Waals surface area contributed by atoms with Crippen molar-refractivity contribution in [3.63, 3.8) is 0 Å². The summed E-state index contributed by atoms with van der Waals surface area (Å²) in [5, 5.41) is 9.37. The Morgan fingerprint density at radius 1 is 0.941 bits per heavy atom. The van der Waals surface area contributed by atoms with Crippen LogP contribution in [0, 0.1) is 5.92 Å². The minimum Gasteiger partial charge on any atom is -0.400 e. The number of imide groups is 1. The van der Waals surface area contributed by atoms with Gasteiger partial charge in [-0.2, -0.15) is 0 Å². The first kappa shape index (κ1) is 24.7. The average molecular weight is 471 g/mol. The number of imidazole rings is 1. The Kier molecular flexibility index (Phi) is 7.88. The second kappa shape index (κ2) is 10.9. The molecule has 34 heavy (non-hydrogen) atoms. The Balaban J connectivity index is 0.00000133. The Morgan fingerprint density at radius 3 is 2.32 bits per heavy atom. The zero-order valence-electron chi connectivity index (χ0n) is 20.5. The summed E-state index contributed by atoms with van der Waals surface area (Å²) in [5.41, 5.74) is 2.71. The number of fused-ring (bicyclic) bond motifs is 1. The zero-order chi connectivity index (χ0) is 24.2. The fraction of sp³-hybridized carbons (Fsp3) is 0.654. The van der Waals surface area contributed by atoms with E-state index in [1.807, 2.05) is 6.07 Å². The molecule has 3 aliphatic rings. The monoisotopic (exact) mass is 470 g/mol. The number of benzene rings is 1. The fourth-order valence-electron chi connectivity index (χ4n) is 6.05. The van der Waals surface area contributed by atoms with Gasteiger partial charge in [0, 0.05) is 27.1 Å². The topological polar surface area (TPSA) is 96.6 Å². The second-order valence-electron chi connectivity index (χ2n) is 10.0. The normalized spacial score (nSPS) is 23.0. The van der Waals surface area contributed by atoms with Gasteiger partial charge in [0.05, 0.1) is 11.0 Å². The molecular weight excluding hydrogens is 432 g/mol. The number of aryl methyl sites for hydroxylation is 1. The van der Waals surface area contributed by atoms with Gasteiger partial charge in [-0.05, 0) is 74.7 Å². The molecule has 0 spiro atoms. The van der Waals surface area contributed by atoms with Crippen LogP contribution in [-0.4, -0.2) is 57.7 Å². The third-order valence-corrected chi connectivity index (χ3v) is 7.94. The number of carbonyl (C=O) groups is 2. The lowest BCUT2D eigenvalue weighted by atomic mass is 9.86. The van der Waals surface area contributed by atoms with Crippen molar-refractivity contribution in [1.82, 2.24) is 19.4 Å². The molecule has 0 bridgehead atoms. The molecule has 1 unspecified atom stereocenters. The molecule has 186 valence electrons. The highest BCUT2D eigenvalue weighted by Crippen LogP contribution is 2.32. The molecule has 1 atom stereocenters. The molecule has 1 aromatic carbocycles. The molecule has 1 aromatic heterocycles. The van der Waals surface area contributed by atoms with Gasteiger partial charge in [0.15, 0.2) is 0 Å². The van der Waals surface area contributed by atoms with Gasteiger partial charge in [-0.25, -0.2) is 4.79 Å². The van der Waals surface area contributed by atoms with E-state index in [1.54, 1.807) is 16.2 Å². The summed E-state index contributed by atoms with van der Waals surface area (Å²) < 4.78 is 3.20. The van der Waals surface area contributed by atoms with Crippen LogP contribution in [0.4, 0.5) is 0 Å². The van der Waals surface area contributed by atoms with Crippen molar-refractivity contribution in [2.45, 2.75) is 69.7 Å². The van der Waals surface area contributed by atoms with Crippen molar-refractivity contribution in [2.24, 2.45) is 13.0 Å². The van der Waals surface area contributed by atoms with E-state index in [0.29, 0.717) is 12.3 Å². The number of nitrogens with zero attached hydrogens (tertiary/aromatic N) is 3. The van der Waals surface area contributed by atoms with Gasteiger partial charge in [0.1, 0.15) is 6.04 Å². The van der Waals surface area contributed by atoms with Crippen molar-refractivity contribution in [1.29, 1.82) is 0 Å². The zero-order valence-corrected chi connectivity index (χ0v) is 20.5. The minimum atomic E-state index is -0.627. The Hall–Kier alpha value is -2.45. The van der Waals surface area contributed by atoms with Gasteiger partial charge < -0.3 is 10.0 Å². The molecule has 2 aromatic rings. The summed E-state index contributed by atoms with van der Waals surface area (Å²) in [6.45, 7) is 3.56. The summed E-state index contributed by atoms with van der Waals surface area (Å²) >= 11 is 0. The van der Waals surface area contributed by atoms with E-state index in [9.17, 15) is 14.4 Å². The molecule has 1 aliphatic carbocycles. The van der Waals surface area contributed by atoms with Crippen LogP contribution < -0.4 is 11.0 Å². The van der Waals surface area contributed by atoms with E-state index in [-0.39, 0.29) is 23.9 Å². The van der Waals surface area contributed by atoms with Crippen LogP contribution in [-0.2, 0) is 16.6 Å². The van der Waals surface area contributed by atoms with Gasteiger partial charge in [-0.15, -0.1) is 0 Å². The molecule has 3 fully saturated rings. The first-order chi connectivity index (χ1) is 16.5. The van der Waals surface area contributed by atoms with E-state index in [1.165, 1.54) is 44.2 Å². The summed E-state index contributed by atoms with van der Waals surface area (Å²) in [7, 11) is 2.77. The summed E-state index contributed by atoms with van der Waals surface area (Å²) in [4.78, 5) is 39.6. The lowest BCUT2D eigenvalue weighted by molar-refractivity contribution is -0.135. The van der Waals surface area contributed by atoms with Gasteiger partial charge in [-0.3, -0.25) is 24.0 Å². The highest BCUT2D eigenvalue weighted by molar-refractivity contribution is 6.00. The number of piperidine rings is 2. The highest BCUT2D eigenvalue weighted by Gasteiger charge is 2.31. The van der Waals surface area contributed by atoms with Crippen molar-refractivity contribution in [3.8, 4) is 0 Å². The minimum absolute atomic E-state index is 0.200. The fourth-order valence-corrected chi connectivity index (χ4v) is 6.05. The molecule has 2 amide bonds. The maximum Gasteiger partial charge on any atom is 0.329 e. The molecule has 2 aliphatic heterocycles. The van der Waals surface area contributed by atoms with E-state index in [0.717, 1.165) is 50.0 Å².